The molecule has 25 heavy (non-hydrogen) atoms. The van der Waals surface area contributed by atoms with Crippen LogP contribution in [0.15, 0.2) is 60.8 Å². The standard InChI is InChI=1S/C19H18N4O2/c1-13-17(12-21-23(13)16-6-4-3-5-7-16)19(25)22-15-10-8-14(9-11-15)18(24)20-2/h3-12H,1-2H3,(H,20,24)(H,22,25). The maximum absolute atomic E-state index is 12.5. The Morgan fingerprint density at radius 2 is 1.64 bits per heavy atom. The first-order valence-electron chi connectivity index (χ1n) is 7.83. The molecule has 3 aromatic rings. The summed E-state index contributed by atoms with van der Waals surface area (Å²) in [4.78, 5) is 24.1. The maximum Gasteiger partial charge on any atom is 0.259 e. The number of para-hydroxylation sites is 1. The first-order chi connectivity index (χ1) is 12.1. The topological polar surface area (TPSA) is 76.0 Å². The van der Waals surface area contributed by atoms with Crippen molar-refractivity contribution in [3.8, 4) is 5.69 Å². The largest absolute Gasteiger partial charge is 0.355 e. The van der Waals surface area contributed by atoms with E-state index in [9.17, 15) is 9.59 Å². The summed E-state index contributed by atoms with van der Waals surface area (Å²) in [6, 6.07) is 16.3. The van der Waals surface area contributed by atoms with Crippen LogP contribution in [0.5, 0.6) is 0 Å². The van der Waals surface area contributed by atoms with Gasteiger partial charge < -0.3 is 10.6 Å². The molecule has 2 N–H and O–H groups in total. The lowest BCUT2D eigenvalue weighted by Crippen LogP contribution is -2.18. The number of hydrogen-bond acceptors (Lipinski definition) is 3. The highest BCUT2D eigenvalue weighted by atomic mass is 16.2. The Hall–Kier alpha value is -3.41. The lowest BCUT2D eigenvalue weighted by Gasteiger charge is -2.07. The molecule has 0 bridgehead atoms. The number of hydrogen-bond donors (Lipinski definition) is 2. The van der Waals surface area contributed by atoms with E-state index >= 15 is 0 Å². The van der Waals surface area contributed by atoms with Gasteiger partial charge in [-0.2, -0.15) is 5.10 Å². The maximum atomic E-state index is 12.5. The second-order valence-corrected chi connectivity index (χ2v) is 5.50. The number of anilines is 1. The van der Waals surface area contributed by atoms with Crippen LogP contribution >= 0.6 is 0 Å². The number of benzene rings is 2. The number of nitrogens with one attached hydrogen (secondary N) is 2. The molecule has 0 aliphatic carbocycles. The summed E-state index contributed by atoms with van der Waals surface area (Å²) in [5.41, 5.74) is 3.30. The number of rotatable bonds is 4. The zero-order valence-corrected chi connectivity index (χ0v) is 14.0. The van der Waals surface area contributed by atoms with E-state index < -0.39 is 0 Å². The minimum absolute atomic E-state index is 0.169. The molecule has 3 rings (SSSR count). The van der Waals surface area contributed by atoms with E-state index in [1.807, 2.05) is 37.3 Å². The number of carbonyl (C=O) groups is 2. The second kappa shape index (κ2) is 7.00. The van der Waals surface area contributed by atoms with Gasteiger partial charge in [0.25, 0.3) is 11.8 Å². The summed E-state index contributed by atoms with van der Waals surface area (Å²) in [5, 5.41) is 9.68. The average molecular weight is 334 g/mol. The van der Waals surface area contributed by atoms with Crippen LogP contribution in [-0.4, -0.2) is 28.6 Å². The highest BCUT2D eigenvalue weighted by molar-refractivity contribution is 6.05. The van der Waals surface area contributed by atoms with E-state index in [1.165, 1.54) is 0 Å². The molecule has 2 amide bonds. The highest BCUT2D eigenvalue weighted by Crippen LogP contribution is 2.16. The third-order valence-electron chi connectivity index (χ3n) is 3.89. The Bertz CT molecular complexity index is 899. The van der Waals surface area contributed by atoms with Crippen molar-refractivity contribution < 1.29 is 9.59 Å². The van der Waals surface area contributed by atoms with Crippen molar-refractivity contribution >= 4 is 17.5 Å². The Kier molecular flexibility index (Phi) is 4.61. The van der Waals surface area contributed by atoms with Crippen LogP contribution in [-0.2, 0) is 0 Å². The van der Waals surface area contributed by atoms with E-state index in [4.69, 9.17) is 0 Å². The van der Waals surface area contributed by atoms with E-state index in [2.05, 4.69) is 15.7 Å². The lowest BCUT2D eigenvalue weighted by atomic mass is 10.2. The van der Waals surface area contributed by atoms with Crippen molar-refractivity contribution in [2.24, 2.45) is 0 Å². The molecule has 0 aliphatic rings. The van der Waals surface area contributed by atoms with Crippen LogP contribution in [0.3, 0.4) is 0 Å². The van der Waals surface area contributed by atoms with Gasteiger partial charge in [-0.05, 0) is 43.3 Å². The molecule has 2 aromatic carbocycles. The molecule has 0 unspecified atom stereocenters. The first-order valence-corrected chi connectivity index (χ1v) is 7.83. The number of carbonyl (C=O) groups excluding carboxylic acids is 2. The first kappa shape index (κ1) is 16.4. The third-order valence-corrected chi connectivity index (χ3v) is 3.89. The summed E-state index contributed by atoms with van der Waals surface area (Å²) < 4.78 is 1.73. The number of amides is 2. The van der Waals surface area contributed by atoms with Gasteiger partial charge in [-0.1, -0.05) is 18.2 Å². The van der Waals surface area contributed by atoms with E-state index in [0.29, 0.717) is 16.8 Å². The van der Waals surface area contributed by atoms with Gasteiger partial charge in [-0.25, -0.2) is 4.68 Å². The Labute approximate surface area is 145 Å². The van der Waals surface area contributed by atoms with Gasteiger partial charge in [-0.15, -0.1) is 0 Å². The molecular formula is C19H18N4O2. The molecule has 0 spiro atoms. The molecule has 0 atom stereocenters. The third kappa shape index (κ3) is 3.42. The van der Waals surface area contributed by atoms with E-state index in [1.54, 1.807) is 42.2 Å². The molecule has 0 radical (unpaired) electrons. The van der Waals surface area contributed by atoms with Crippen LogP contribution in [0.1, 0.15) is 26.4 Å². The van der Waals surface area contributed by atoms with Gasteiger partial charge in [0.05, 0.1) is 23.1 Å². The van der Waals surface area contributed by atoms with Crippen molar-refractivity contribution in [2.75, 3.05) is 12.4 Å². The summed E-state index contributed by atoms with van der Waals surface area (Å²) >= 11 is 0. The lowest BCUT2D eigenvalue weighted by molar-refractivity contribution is 0.0962. The summed E-state index contributed by atoms with van der Waals surface area (Å²) in [7, 11) is 1.57. The number of nitrogens with zero attached hydrogens (tertiary/aromatic N) is 2. The average Bonchev–Trinajstić information content (AvgIpc) is 3.04. The second-order valence-electron chi connectivity index (χ2n) is 5.50. The van der Waals surface area contributed by atoms with Crippen molar-refractivity contribution in [3.05, 3.63) is 77.6 Å². The predicted octanol–water partition coefficient (Wildman–Crippen LogP) is 2.79. The van der Waals surface area contributed by atoms with Gasteiger partial charge >= 0.3 is 0 Å². The fraction of sp³-hybridized carbons (Fsp3) is 0.105. The van der Waals surface area contributed by atoms with Gasteiger partial charge in [0, 0.05) is 18.3 Å². The van der Waals surface area contributed by atoms with Crippen molar-refractivity contribution in [1.29, 1.82) is 0 Å². The normalized spacial score (nSPS) is 10.3. The summed E-state index contributed by atoms with van der Waals surface area (Å²) in [5.74, 6) is -0.412. The smallest absolute Gasteiger partial charge is 0.259 e. The molecule has 0 saturated carbocycles. The van der Waals surface area contributed by atoms with Crippen LogP contribution in [0.2, 0.25) is 0 Å². The highest BCUT2D eigenvalue weighted by Gasteiger charge is 2.15. The molecule has 0 saturated heterocycles. The fourth-order valence-corrected chi connectivity index (χ4v) is 2.51. The van der Waals surface area contributed by atoms with Crippen molar-refractivity contribution in [1.82, 2.24) is 15.1 Å². The molecule has 6 heteroatoms. The quantitative estimate of drug-likeness (QED) is 0.770. The minimum atomic E-state index is -0.243. The van der Waals surface area contributed by atoms with Gasteiger partial charge in [0.15, 0.2) is 0 Å². The van der Waals surface area contributed by atoms with Gasteiger partial charge in [0.1, 0.15) is 0 Å². The van der Waals surface area contributed by atoms with Gasteiger partial charge in [0.2, 0.25) is 0 Å². The summed E-state index contributed by atoms with van der Waals surface area (Å²) in [6.07, 6.45) is 1.55. The molecule has 0 fully saturated rings. The fourth-order valence-electron chi connectivity index (χ4n) is 2.51. The monoisotopic (exact) mass is 334 g/mol. The van der Waals surface area contributed by atoms with E-state index in [0.717, 1.165) is 11.4 Å². The minimum Gasteiger partial charge on any atom is -0.355 e. The Morgan fingerprint density at radius 3 is 2.28 bits per heavy atom. The predicted molar refractivity (Wildman–Crippen MR) is 96.1 cm³/mol. The zero-order valence-electron chi connectivity index (χ0n) is 14.0. The molecule has 1 heterocycles. The number of aromatic nitrogens is 2. The molecule has 6 nitrogen and oxygen atoms in total. The van der Waals surface area contributed by atoms with Crippen LogP contribution < -0.4 is 10.6 Å². The van der Waals surface area contributed by atoms with Gasteiger partial charge in [-0.3, -0.25) is 9.59 Å². The molecule has 1 aromatic heterocycles. The van der Waals surface area contributed by atoms with Crippen molar-refractivity contribution in [3.63, 3.8) is 0 Å². The molecule has 0 aliphatic heterocycles. The molecule has 126 valence electrons. The van der Waals surface area contributed by atoms with Crippen LogP contribution in [0, 0.1) is 6.92 Å². The van der Waals surface area contributed by atoms with E-state index in [-0.39, 0.29) is 11.8 Å². The SMILES string of the molecule is CNC(=O)c1ccc(NC(=O)c2cnn(-c3ccccc3)c2C)cc1. The zero-order chi connectivity index (χ0) is 17.8. The molecular weight excluding hydrogens is 316 g/mol. The van der Waals surface area contributed by atoms with Crippen LogP contribution in [0.4, 0.5) is 5.69 Å². The summed E-state index contributed by atoms with van der Waals surface area (Å²) in [6.45, 7) is 1.85. The van der Waals surface area contributed by atoms with Crippen LogP contribution in [0.25, 0.3) is 5.69 Å². The van der Waals surface area contributed by atoms with Crippen molar-refractivity contribution in [2.45, 2.75) is 6.92 Å². The Morgan fingerprint density at radius 1 is 0.960 bits per heavy atom. The Balaban J connectivity index is 1.78.